The number of ether oxygens (including phenoxy) is 1. The van der Waals surface area contributed by atoms with Crippen molar-refractivity contribution >= 4 is 40.8 Å². The van der Waals surface area contributed by atoms with Crippen LogP contribution in [0.1, 0.15) is 31.8 Å². The Hall–Kier alpha value is -3.70. The van der Waals surface area contributed by atoms with Crippen LogP contribution in [0.3, 0.4) is 0 Å². The molecular formula is C25H18ClNO4. The number of rotatable bonds is 5. The number of carbonyl (C=O) groups excluding carboxylic acids is 3. The van der Waals surface area contributed by atoms with Crippen molar-refractivity contribution in [3.63, 3.8) is 0 Å². The second kappa shape index (κ2) is 8.58. The summed E-state index contributed by atoms with van der Waals surface area (Å²) in [6.45, 7) is 1.63. The highest BCUT2D eigenvalue weighted by Gasteiger charge is 2.32. The Morgan fingerprint density at radius 1 is 0.968 bits per heavy atom. The zero-order valence-corrected chi connectivity index (χ0v) is 17.4. The summed E-state index contributed by atoms with van der Waals surface area (Å²) < 4.78 is 5.67. The number of aryl methyl sites for hydroxylation is 1. The standard InChI is InChI=1S/C25H18ClNO4/c1-15-10-11-17(13-21(15)26)27-23(28)14-31-22-9-5-2-6-16(22)12-20-24(29)18-7-3-4-8-19(18)25(20)30/h2-13H,14H2,1H3,(H,27,28). The number of fused-ring (bicyclic) bond motifs is 1. The van der Waals surface area contributed by atoms with Gasteiger partial charge in [-0.15, -0.1) is 0 Å². The first-order valence-corrected chi connectivity index (χ1v) is 10.00. The molecule has 0 bridgehead atoms. The summed E-state index contributed by atoms with van der Waals surface area (Å²) in [7, 11) is 0. The summed E-state index contributed by atoms with van der Waals surface area (Å²) in [5, 5.41) is 3.28. The van der Waals surface area contributed by atoms with Crippen molar-refractivity contribution < 1.29 is 19.1 Å². The quantitative estimate of drug-likeness (QED) is 0.449. The van der Waals surface area contributed by atoms with Crippen LogP contribution < -0.4 is 10.1 Å². The first-order valence-electron chi connectivity index (χ1n) is 9.62. The van der Waals surface area contributed by atoms with Gasteiger partial charge in [-0.1, -0.05) is 60.1 Å². The Morgan fingerprint density at radius 2 is 1.61 bits per heavy atom. The number of ketones is 2. The van der Waals surface area contributed by atoms with E-state index in [0.29, 0.717) is 33.1 Å². The molecule has 0 saturated carbocycles. The van der Waals surface area contributed by atoms with Crippen molar-refractivity contribution in [1.29, 1.82) is 0 Å². The monoisotopic (exact) mass is 431 g/mol. The minimum atomic E-state index is -0.359. The molecule has 0 fully saturated rings. The highest BCUT2D eigenvalue weighted by Crippen LogP contribution is 2.30. The molecule has 0 aliphatic heterocycles. The van der Waals surface area contributed by atoms with Gasteiger partial charge in [-0.25, -0.2) is 0 Å². The van der Waals surface area contributed by atoms with E-state index in [9.17, 15) is 14.4 Å². The average Bonchev–Trinajstić information content (AvgIpc) is 3.01. The van der Waals surface area contributed by atoms with Crippen LogP contribution in [0.2, 0.25) is 5.02 Å². The van der Waals surface area contributed by atoms with E-state index in [1.165, 1.54) is 6.08 Å². The van der Waals surface area contributed by atoms with Crippen LogP contribution in [0.15, 0.2) is 72.3 Å². The van der Waals surface area contributed by atoms with Gasteiger partial charge in [0.05, 0.1) is 5.57 Å². The molecule has 1 amide bonds. The van der Waals surface area contributed by atoms with Gasteiger partial charge in [-0.05, 0) is 36.8 Å². The lowest BCUT2D eigenvalue weighted by atomic mass is 10.1. The van der Waals surface area contributed by atoms with E-state index >= 15 is 0 Å². The molecule has 31 heavy (non-hydrogen) atoms. The topological polar surface area (TPSA) is 72.5 Å². The zero-order chi connectivity index (χ0) is 22.0. The molecule has 4 rings (SSSR count). The lowest BCUT2D eigenvalue weighted by Crippen LogP contribution is -2.20. The SMILES string of the molecule is Cc1ccc(NC(=O)COc2ccccc2C=C2C(=O)c3ccccc3C2=O)cc1Cl. The van der Waals surface area contributed by atoms with Gasteiger partial charge in [0.2, 0.25) is 0 Å². The number of allylic oxidation sites excluding steroid dienone is 1. The molecule has 5 nitrogen and oxygen atoms in total. The number of anilines is 1. The molecule has 0 aromatic heterocycles. The van der Waals surface area contributed by atoms with Gasteiger partial charge in [0.15, 0.2) is 18.2 Å². The van der Waals surface area contributed by atoms with Gasteiger partial charge in [0.25, 0.3) is 5.91 Å². The summed E-state index contributed by atoms with van der Waals surface area (Å²) in [5.41, 5.74) is 2.89. The predicted octanol–water partition coefficient (Wildman–Crippen LogP) is 5.13. The summed E-state index contributed by atoms with van der Waals surface area (Å²) in [4.78, 5) is 37.6. The third-order valence-corrected chi connectivity index (χ3v) is 5.35. The van der Waals surface area contributed by atoms with Crippen LogP contribution in [0.25, 0.3) is 6.08 Å². The van der Waals surface area contributed by atoms with Crippen LogP contribution in [-0.2, 0) is 4.79 Å². The molecule has 1 aliphatic carbocycles. The van der Waals surface area contributed by atoms with Crippen LogP contribution in [0, 0.1) is 6.92 Å². The van der Waals surface area contributed by atoms with E-state index < -0.39 is 0 Å². The van der Waals surface area contributed by atoms with Crippen molar-refractivity contribution in [3.05, 3.63) is 99.6 Å². The fourth-order valence-corrected chi connectivity index (χ4v) is 3.48. The summed E-state index contributed by atoms with van der Waals surface area (Å²) in [6.07, 6.45) is 1.51. The van der Waals surface area contributed by atoms with Crippen molar-refractivity contribution in [2.24, 2.45) is 0 Å². The minimum Gasteiger partial charge on any atom is -0.483 e. The largest absolute Gasteiger partial charge is 0.483 e. The molecule has 0 spiro atoms. The van der Waals surface area contributed by atoms with Gasteiger partial charge in [0, 0.05) is 27.4 Å². The zero-order valence-electron chi connectivity index (χ0n) is 16.6. The maximum atomic E-state index is 12.6. The van der Waals surface area contributed by atoms with Gasteiger partial charge in [0.1, 0.15) is 5.75 Å². The number of Topliss-reactive ketones (excluding diaryl/α,β-unsaturated/α-hetero) is 2. The highest BCUT2D eigenvalue weighted by molar-refractivity contribution is 6.41. The van der Waals surface area contributed by atoms with Gasteiger partial charge >= 0.3 is 0 Å². The molecule has 1 N–H and O–H groups in total. The Bertz CT molecular complexity index is 1210. The number of carbonyl (C=O) groups is 3. The lowest BCUT2D eigenvalue weighted by Gasteiger charge is -2.10. The fraction of sp³-hybridized carbons (Fsp3) is 0.0800. The predicted molar refractivity (Wildman–Crippen MR) is 120 cm³/mol. The normalized spacial score (nSPS) is 12.5. The molecule has 3 aromatic rings. The van der Waals surface area contributed by atoms with Crippen molar-refractivity contribution in [2.75, 3.05) is 11.9 Å². The van der Waals surface area contributed by atoms with Crippen molar-refractivity contribution in [3.8, 4) is 5.75 Å². The van der Waals surface area contributed by atoms with Crippen LogP contribution in [0.5, 0.6) is 5.75 Å². The van der Waals surface area contributed by atoms with Crippen LogP contribution in [0.4, 0.5) is 5.69 Å². The van der Waals surface area contributed by atoms with E-state index in [0.717, 1.165) is 5.56 Å². The fourth-order valence-electron chi connectivity index (χ4n) is 3.30. The summed E-state index contributed by atoms with van der Waals surface area (Å²) in [6, 6.07) is 18.9. The smallest absolute Gasteiger partial charge is 0.262 e. The van der Waals surface area contributed by atoms with E-state index in [1.54, 1.807) is 60.7 Å². The van der Waals surface area contributed by atoms with E-state index in [4.69, 9.17) is 16.3 Å². The molecule has 1 aliphatic rings. The molecule has 0 atom stereocenters. The Balaban J connectivity index is 1.50. The van der Waals surface area contributed by atoms with Crippen molar-refractivity contribution in [2.45, 2.75) is 6.92 Å². The number of hydrogen-bond acceptors (Lipinski definition) is 4. The molecule has 0 unspecified atom stereocenters. The number of hydrogen-bond donors (Lipinski definition) is 1. The lowest BCUT2D eigenvalue weighted by molar-refractivity contribution is -0.118. The third kappa shape index (κ3) is 4.27. The molecule has 3 aromatic carbocycles. The maximum Gasteiger partial charge on any atom is 0.262 e. The maximum absolute atomic E-state index is 12.6. The average molecular weight is 432 g/mol. The Morgan fingerprint density at radius 3 is 2.29 bits per heavy atom. The first-order chi connectivity index (χ1) is 14.9. The number of halogens is 1. The van der Waals surface area contributed by atoms with Crippen molar-refractivity contribution in [1.82, 2.24) is 0 Å². The molecule has 0 heterocycles. The molecule has 6 heteroatoms. The van der Waals surface area contributed by atoms with E-state index in [-0.39, 0.29) is 29.7 Å². The number of benzene rings is 3. The highest BCUT2D eigenvalue weighted by atomic mass is 35.5. The number of nitrogens with one attached hydrogen (secondary N) is 1. The third-order valence-electron chi connectivity index (χ3n) is 4.94. The number of amides is 1. The molecular weight excluding hydrogens is 414 g/mol. The Kier molecular flexibility index (Phi) is 5.69. The minimum absolute atomic E-state index is 0.0796. The van der Waals surface area contributed by atoms with Crippen LogP contribution >= 0.6 is 11.6 Å². The van der Waals surface area contributed by atoms with Gasteiger partial charge in [-0.2, -0.15) is 0 Å². The second-order valence-corrected chi connectivity index (χ2v) is 7.51. The summed E-state index contributed by atoms with van der Waals surface area (Å²) >= 11 is 6.09. The van der Waals surface area contributed by atoms with Gasteiger partial charge < -0.3 is 10.1 Å². The Labute approximate surface area is 184 Å². The molecule has 0 saturated heterocycles. The molecule has 154 valence electrons. The first kappa shape index (κ1) is 20.6. The second-order valence-electron chi connectivity index (χ2n) is 7.10. The number of para-hydroxylation sites is 1. The molecule has 0 radical (unpaired) electrons. The van der Waals surface area contributed by atoms with Gasteiger partial charge in [-0.3, -0.25) is 14.4 Å². The van der Waals surface area contributed by atoms with E-state index in [2.05, 4.69) is 5.32 Å². The van der Waals surface area contributed by atoms with Crippen LogP contribution in [-0.4, -0.2) is 24.1 Å². The van der Waals surface area contributed by atoms with E-state index in [1.807, 2.05) is 13.0 Å². The summed E-state index contributed by atoms with van der Waals surface area (Å²) in [5.74, 6) is -0.597.